The minimum Gasteiger partial charge on any atom is -0.299 e. The lowest BCUT2D eigenvalue weighted by Crippen LogP contribution is -2.20. The SMILES string of the molecule is C=C1C=C(C)N(c2ccc(C(C)=O)cc2)c2ncccc21. The number of carbonyl (C=O) groups excluding carboxylic acids is 1. The Hall–Kier alpha value is -2.68. The van der Waals surface area contributed by atoms with E-state index in [2.05, 4.69) is 16.5 Å². The van der Waals surface area contributed by atoms with Crippen LogP contribution in [-0.2, 0) is 0 Å². The summed E-state index contributed by atoms with van der Waals surface area (Å²) in [5, 5.41) is 0. The van der Waals surface area contributed by atoms with Crippen LogP contribution in [0.5, 0.6) is 0 Å². The number of allylic oxidation sites excluding steroid dienone is 3. The highest BCUT2D eigenvalue weighted by Crippen LogP contribution is 2.38. The van der Waals surface area contributed by atoms with Crippen molar-refractivity contribution in [2.45, 2.75) is 13.8 Å². The van der Waals surface area contributed by atoms with E-state index in [0.29, 0.717) is 5.56 Å². The highest BCUT2D eigenvalue weighted by molar-refractivity contribution is 5.95. The Bertz CT molecular complexity index is 757. The molecule has 0 saturated carbocycles. The summed E-state index contributed by atoms with van der Waals surface area (Å²) in [7, 11) is 0. The van der Waals surface area contributed by atoms with Crippen molar-refractivity contribution in [3.8, 4) is 0 Å². The maximum atomic E-state index is 11.4. The number of carbonyl (C=O) groups is 1. The van der Waals surface area contributed by atoms with Crippen LogP contribution in [0.3, 0.4) is 0 Å². The summed E-state index contributed by atoms with van der Waals surface area (Å²) in [4.78, 5) is 18.0. The lowest BCUT2D eigenvalue weighted by atomic mass is 10.0. The molecule has 1 aromatic heterocycles. The van der Waals surface area contributed by atoms with Gasteiger partial charge in [0, 0.05) is 28.7 Å². The van der Waals surface area contributed by atoms with E-state index in [9.17, 15) is 4.79 Å². The fourth-order valence-corrected chi connectivity index (χ4v) is 2.56. The van der Waals surface area contributed by atoms with Crippen molar-refractivity contribution in [1.82, 2.24) is 4.98 Å². The third-order valence-corrected chi connectivity index (χ3v) is 3.61. The molecule has 0 bridgehead atoms. The number of benzene rings is 1. The topological polar surface area (TPSA) is 33.2 Å². The summed E-state index contributed by atoms with van der Waals surface area (Å²) < 4.78 is 0. The van der Waals surface area contributed by atoms with Gasteiger partial charge in [0.15, 0.2) is 5.78 Å². The number of rotatable bonds is 2. The van der Waals surface area contributed by atoms with Crippen LogP contribution >= 0.6 is 0 Å². The van der Waals surface area contributed by atoms with Gasteiger partial charge in [0.2, 0.25) is 0 Å². The molecule has 0 amide bonds. The predicted molar refractivity (Wildman–Crippen MR) is 85.6 cm³/mol. The van der Waals surface area contributed by atoms with Gasteiger partial charge in [-0.1, -0.05) is 6.58 Å². The molecule has 0 fully saturated rings. The first kappa shape index (κ1) is 13.3. The van der Waals surface area contributed by atoms with Gasteiger partial charge in [0.05, 0.1) is 0 Å². The number of fused-ring (bicyclic) bond motifs is 1. The van der Waals surface area contributed by atoms with Crippen LogP contribution in [0.1, 0.15) is 29.8 Å². The lowest BCUT2D eigenvalue weighted by Gasteiger charge is -2.30. The van der Waals surface area contributed by atoms with Crippen molar-refractivity contribution >= 4 is 22.9 Å². The highest BCUT2D eigenvalue weighted by Gasteiger charge is 2.21. The van der Waals surface area contributed by atoms with Crippen LogP contribution < -0.4 is 4.90 Å². The van der Waals surface area contributed by atoms with Gasteiger partial charge < -0.3 is 0 Å². The van der Waals surface area contributed by atoms with E-state index in [1.54, 1.807) is 13.1 Å². The van der Waals surface area contributed by atoms with Crippen LogP contribution in [-0.4, -0.2) is 10.8 Å². The molecule has 21 heavy (non-hydrogen) atoms. The molecule has 1 aliphatic heterocycles. The van der Waals surface area contributed by atoms with Crippen molar-refractivity contribution in [3.63, 3.8) is 0 Å². The Balaban J connectivity index is 2.10. The first-order valence-corrected chi connectivity index (χ1v) is 6.81. The molecular weight excluding hydrogens is 260 g/mol. The van der Waals surface area contributed by atoms with E-state index in [1.807, 2.05) is 49.4 Å². The maximum Gasteiger partial charge on any atom is 0.159 e. The molecule has 0 N–H and O–H groups in total. The smallest absolute Gasteiger partial charge is 0.159 e. The van der Waals surface area contributed by atoms with Crippen LogP contribution in [0.25, 0.3) is 5.57 Å². The molecule has 0 saturated heterocycles. The molecule has 3 nitrogen and oxygen atoms in total. The molecular formula is C18H16N2O. The molecule has 3 rings (SSSR count). The fourth-order valence-electron chi connectivity index (χ4n) is 2.56. The van der Waals surface area contributed by atoms with E-state index < -0.39 is 0 Å². The summed E-state index contributed by atoms with van der Waals surface area (Å²) in [5.41, 5.74) is 4.75. The third kappa shape index (κ3) is 2.27. The molecule has 2 heterocycles. The highest BCUT2D eigenvalue weighted by atomic mass is 16.1. The molecule has 1 aromatic carbocycles. The van der Waals surface area contributed by atoms with E-state index in [1.165, 1.54) is 0 Å². The zero-order chi connectivity index (χ0) is 15.0. The number of ketones is 1. The van der Waals surface area contributed by atoms with Gasteiger partial charge in [-0.3, -0.25) is 9.69 Å². The summed E-state index contributed by atoms with van der Waals surface area (Å²) in [5.74, 6) is 0.942. The van der Waals surface area contributed by atoms with Gasteiger partial charge in [-0.05, 0) is 61.9 Å². The van der Waals surface area contributed by atoms with E-state index in [0.717, 1.165) is 28.3 Å². The number of pyridine rings is 1. The average Bonchev–Trinajstić information content (AvgIpc) is 2.48. The van der Waals surface area contributed by atoms with E-state index >= 15 is 0 Å². The Labute approximate surface area is 124 Å². The van der Waals surface area contributed by atoms with Gasteiger partial charge in [-0.25, -0.2) is 4.98 Å². The largest absolute Gasteiger partial charge is 0.299 e. The van der Waals surface area contributed by atoms with Crippen molar-refractivity contribution in [2.24, 2.45) is 0 Å². The molecule has 2 aromatic rings. The minimum absolute atomic E-state index is 0.0689. The summed E-state index contributed by atoms with van der Waals surface area (Å²) in [6.07, 6.45) is 3.82. The van der Waals surface area contributed by atoms with Gasteiger partial charge in [0.25, 0.3) is 0 Å². The van der Waals surface area contributed by atoms with E-state index in [4.69, 9.17) is 0 Å². The molecule has 104 valence electrons. The second-order valence-electron chi connectivity index (χ2n) is 5.12. The van der Waals surface area contributed by atoms with Crippen LogP contribution in [0.4, 0.5) is 11.5 Å². The van der Waals surface area contributed by atoms with Crippen molar-refractivity contribution in [2.75, 3.05) is 4.90 Å². The predicted octanol–water partition coefficient (Wildman–Crippen LogP) is 4.35. The third-order valence-electron chi connectivity index (χ3n) is 3.61. The Kier molecular flexibility index (Phi) is 3.18. The number of aromatic nitrogens is 1. The normalized spacial score (nSPS) is 13.7. The maximum absolute atomic E-state index is 11.4. The minimum atomic E-state index is 0.0689. The first-order valence-electron chi connectivity index (χ1n) is 6.81. The molecule has 0 unspecified atom stereocenters. The standard InChI is InChI=1S/C18H16N2O/c1-12-11-13(2)20(18-17(12)5-4-10-19-18)16-8-6-15(7-9-16)14(3)21/h4-11H,1H2,2-3H3. The van der Waals surface area contributed by atoms with Crippen molar-refractivity contribution < 1.29 is 4.79 Å². The van der Waals surface area contributed by atoms with Crippen LogP contribution in [0.15, 0.2) is 60.9 Å². The number of nitrogens with zero attached hydrogens (tertiary/aromatic N) is 2. The quantitative estimate of drug-likeness (QED) is 0.764. The monoisotopic (exact) mass is 276 g/mol. The lowest BCUT2D eigenvalue weighted by molar-refractivity contribution is 0.101. The Morgan fingerprint density at radius 3 is 2.57 bits per heavy atom. The Morgan fingerprint density at radius 2 is 1.90 bits per heavy atom. The zero-order valence-corrected chi connectivity index (χ0v) is 12.1. The van der Waals surface area contributed by atoms with Gasteiger partial charge in [-0.15, -0.1) is 0 Å². The number of Topliss-reactive ketones (excluding diaryl/α,β-unsaturated/α-hetero) is 1. The number of anilines is 2. The molecule has 3 heteroatoms. The van der Waals surface area contributed by atoms with Crippen molar-refractivity contribution in [1.29, 1.82) is 0 Å². The number of hydrogen-bond donors (Lipinski definition) is 0. The fraction of sp³-hybridized carbons (Fsp3) is 0.111. The average molecular weight is 276 g/mol. The van der Waals surface area contributed by atoms with Gasteiger partial charge in [0.1, 0.15) is 5.82 Å². The van der Waals surface area contributed by atoms with Gasteiger partial charge >= 0.3 is 0 Å². The summed E-state index contributed by atoms with van der Waals surface area (Å²) >= 11 is 0. The van der Waals surface area contributed by atoms with Crippen LogP contribution in [0, 0.1) is 0 Å². The summed E-state index contributed by atoms with van der Waals surface area (Å²) in [6.45, 7) is 7.68. The van der Waals surface area contributed by atoms with E-state index in [-0.39, 0.29) is 5.78 Å². The van der Waals surface area contributed by atoms with Gasteiger partial charge in [-0.2, -0.15) is 0 Å². The molecule has 0 spiro atoms. The molecule has 0 radical (unpaired) electrons. The second kappa shape index (κ2) is 5.02. The second-order valence-corrected chi connectivity index (χ2v) is 5.12. The molecule has 0 atom stereocenters. The zero-order valence-electron chi connectivity index (χ0n) is 12.1. The number of hydrogen-bond acceptors (Lipinski definition) is 3. The summed E-state index contributed by atoms with van der Waals surface area (Å²) in [6, 6.07) is 11.5. The van der Waals surface area contributed by atoms with Crippen molar-refractivity contribution in [3.05, 3.63) is 72.1 Å². The Morgan fingerprint density at radius 1 is 1.19 bits per heavy atom. The molecule has 1 aliphatic rings. The van der Waals surface area contributed by atoms with Crippen LogP contribution in [0.2, 0.25) is 0 Å². The molecule has 0 aliphatic carbocycles. The first-order chi connectivity index (χ1) is 10.1.